The average molecular weight is 253 g/mol. The van der Waals surface area contributed by atoms with Crippen molar-refractivity contribution in [1.82, 2.24) is 5.32 Å². The number of nitrogens with one attached hydrogen (secondary N) is 1. The largest absolute Gasteiger partial charge is 0.317 e. The van der Waals surface area contributed by atoms with Crippen LogP contribution in [0.5, 0.6) is 0 Å². The van der Waals surface area contributed by atoms with Crippen LogP contribution in [0, 0.1) is 17.0 Å². The van der Waals surface area contributed by atoms with E-state index in [-0.39, 0.29) is 17.6 Å². The van der Waals surface area contributed by atoms with Crippen LogP contribution in [0.15, 0.2) is 18.2 Å². The Bertz CT molecular complexity index is 433. The quantitative estimate of drug-likeness (QED) is 0.896. The third-order valence-corrected chi connectivity index (χ3v) is 3.67. The molecule has 0 atom stereocenters. The van der Waals surface area contributed by atoms with Gasteiger partial charge < -0.3 is 5.32 Å². The molecule has 0 amide bonds. The van der Waals surface area contributed by atoms with E-state index >= 15 is 0 Å². The first-order valence-electron chi connectivity index (χ1n) is 6.19. The maximum absolute atomic E-state index is 13.1. The van der Waals surface area contributed by atoms with E-state index in [0.717, 1.165) is 32.0 Å². The van der Waals surface area contributed by atoms with Crippen LogP contribution in [0.3, 0.4) is 0 Å². The number of hydrogen-bond donors (Lipinski definition) is 1. The van der Waals surface area contributed by atoms with Crippen molar-refractivity contribution >= 4 is 5.78 Å². The number of piperidine rings is 1. The minimum absolute atomic E-state index is 0.0639. The lowest BCUT2D eigenvalue weighted by atomic mass is 9.75. The lowest BCUT2D eigenvalue weighted by Gasteiger charge is -2.32. The van der Waals surface area contributed by atoms with Crippen LogP contribution < -0.4 is 5.32 Å². The van der Waals surface area contributed by atoms with E-state index in [4.69, 9.17) is 0 Å². The van der Waals surface area contributed by atoms with Crippen LogP contribution in [0.4, 0.5) is 8.78 Å². The normalized spacial score (nSPS) is 18.6. The SMILES string of the molecule is CC1(C(=O)Cc2cc(F)cc(F)c2)CCNCC1. The second kappa shape index (κ2) is 5.14. The van der Waals surface area contributed by atoms with Crippen molar-refractivity contribution < 1.29 is 13.6 Å². The van der Waals surface area contributed by atoms with Crippen molar-refractivity contribution in [3.8, 4) is 0 Å². The maximum Gasteiger partial charge on any atom is 0.143 e. The van der Waals surface area contributed by atoms with Gasteiger partial charge in [-0.1, -0.05) is 6.92 Å². The van der Waals surface area contributed by atoms with Gasteiger partial charge in [0.1, 0.15) is 17.4 Å². The summed E-state index contributed by atoms with van der Waals surface area (Å²) in [5.74, 6) is -1.20. The van der Waals surface area contributed by atoms with Gasteiger partial charge in [0.05, 0.1) is 0 Å². The highest BCUT2D eigenvalue weighted by Gasteiger charge is 2.33. The summed E-state index contributed by atoms with van der Waals surface area (Å²) in [4.78, 5) is 12.2. The topological polar surface area (TPSA) is 29.1 Å². The van der Waals surface area contributed by atoms with Gasteiger partial charge in [0.2, 0.25) is 0 Å². The molecule has 2 rings (SSSR count). The minimum Gasteiger partial charge on any atom is -0.317 e. The summed E-state index contributed by atoms with van der Waals surface area (Å²) < 4.78 is 26.1. The lowest BCUT2D eigenvalue weighted by Crippen LogP contribution is -2.40. The molecule has 1 N–H and O–H groups in total. The second-order valence-corrected chi connectivity index (χ2v) is 5.19. The monoisotopic (exact) mass is 253 g/mol. The predicted octanol–water partition coefficient (Wildman–Crippen LogP) is 2.47. The highest BCUT2D eigenvalue weighted by molar-refractivity contribution is 5.86. The van der Waals surface area contributed by atoms with Crippen molar-refractivity contribution in [3.63, 3.8) is 0 Å². The molecule has 2 nitrogen and oxygen atoms in total. The number of hydrogen-bond acceptors (Lipinski definition) is 2. The molecule has 0 aliphatic carbocycles. The summed E-state index contributed by atoms with van der Waals surface area (Å²) in [5, 5.41) is 3.20. The molecule has 98 valence electrons. The smallest absolute Gasteiger partial charge is 0.143 e. The Hall–Kier alpha value is -1.29. The van der Waals surface area contributed by atoms with Crippen molar-refractivity contribution in [3.05, 3.63) is 35.4 Å². The van der Waals surface area contributed by atoms with E-state index < -0.39 is 11.6 Å². The van der Waals surface area contributed by atoms with E-state index in [2.05, 4.69) is 5.32 Å². The van der Waals surface area contributed by atoms with Gasteiger partial charge in [-0.05, 0) is 43.6 Å². The first kappa shape index (κ1) is 13.1. The zero-order chi connectivity index (χ0) is 13.2. The van der Waals surface area contributed by atoms with Gasteiger partial charge in [-0.25, -0.2) is 8.78 Å². The van der Waals surface area contributed by atoms with Crippen molar-refractivity contribution in [2.75, 3.05) is 13.1 Å². The molecule has 18 heavy (non-hydrogen) atoms. The molecule has 1 aliphatic heterocycles. The zero-order valence-electron chi connectivity index (χ0n) is 10.4. The summed E-state index contributed by atoms with van der Waals surface area (Å²) in [5.41, 5.74) is 0.0471. The van der Waals surface area contributed by atoms with E-state index in [1.54, 1.807) is 0 Å². The van der Waals surface area contributed by atoms with Gasteiger partial charge in [0.15, 0.2) is 0 Å². The summed E-state index contributed by atoms with van der Waals surface area (Å²) in [7, 11) is 0. The molecule has 0 aromatic heterocycles. The van der Waals surface area contributed by atoms with E-state index in [0.29, 0.717) is 5.56 Å². The molecule has 0 radical (unpaired) electrons. The number of benzene rings is 1. The molecule has 1 aromatic rings. The second-order valence-electron chi connectivity index (χ2n) is 5.19. The first-order chi connectivity index (χ1) is 8.49. The van der Waals surface area contributed by atoms with Gasteiger partial charge in [0.25, 0.3) is 0 Å². The zero-order valence-corrected chi connectivity index (χ0v) is 10.4. The van der Waals surface area contributed by atoms with Crippen LogP contribution in [-0.2, 0) is 11.2 Å². The summed E-state index contributed by atoms with van der Waals surface area (Å²) in [6.45, 7) is 3.57. The van der Waals surface area contributed by atoms with Crippen molar-refractivity contribution in [2.24, 2.45) is 5.41 Å². The summed E-state index contributed by atoms with van der Waals surface area (Å²) >= 11 is 0. The number of carbonyl (C=O) groups excluding carboxylic acids is 1. The summed E-state index contributed by atoms with van der Waals surface area (Å²) in [6.07, 6.45) is 1.67. The summed E-state index contributed by atoms with van der Waals surface area (Å²) in [6, 6.07) is 3.27. The Kier molecular flexibility index (Phi) is 3.76. The standard InChI is InChI=1S/C14H17F2NO/c1-14(2-4-17-5-3-14)13(18)8-10-6-11(15)9-12(16)7-10/h6-7,9,17H,2-5,8H2,1H3. The van der Waals surface area contributed by atoms with Gasteiger partial charge in [0, 0.05) is 17.9 Å². The number of halogens is 2. The Morgan fingerprint density at radius 2 is 1.78 bits per heavy atom. The molecule has 1 heterocycles. The van der Waals surface area contributed by atoms with Crippen molar-refractivity contribution in [1.29, 1.82) is 0 Å². The molecular weight excluding hydrogens is 236 g/mol. The highest BCUT2D eigenvalue weighted by Crippen LogP contribution is 2.30. The Morgan fingerprint density at radius 1 is 1.22 bits per heavy atom. The number of carbonyl (C=O) groups is 1. The molecule has 0 bridgehead atoms. The van der Waals surface area contributed by atoms with Gasteiger partial charge >= 0.3 is 0 Å². The van der Waals surface area contributed by atoms with E-state index in [1.807, 2.05) is 6.92 Å². The number of rotatable bonds is 3. The molecule has 1 fully saturated rings. The predicted molar refractivity (Wildman–Crippen MR) is 65.3 cm³/mol. The van der Waals surface area contributed by atoms with E-state index in [9.17, 15) is 13.6 Å². The molecule has 0 spiro atoms. The molecule has 0 saturated carbocycles. The fourth-order valence-corrected chi connectivity index (χ4v) is 2.37. The van der Waals surface area contributed by atoms with E-state index in [1.165, 1.54) is 12.1 Å². The fourth-order valence-electron chi connectivity index (χ4n) is 2.37. The van der Waals surface area contributed by atoms with Gasteiger partial charge in [-0.2, -0.15) is 0 Å². The van der Waals surface area contributed by atoms with Crippen LogP contribution in [-0.4, -0.2) is 18.9 Å². The molecule has 1 aliphatic rings. The minimum atomic E-state index is -0.631. The Balaban J connectivity index is 2.10. The van der Waals surface area contributed by atoms with Crippen LogP contribution in [0.1, 0.15) is 25.3 Å². The number of ketones is 1. The third kappa shape index (κ3) is 2.93. The van der Waals surface area contributed by atoms with Crippen molar-refractivity contribution in [2.45, 2.75) is 26.2 Å². The molecule has 4 heteroatoms. The Labute approximate surface area is 105 Å². The van der Waals surface area contributed by atoms with Gasteiger partial charge in [-0.3, -0.25) is 4.79 Å². The number of Topliss-reactive ketones (excluding diaryl/α,β-unsaturated/α-hetero) is 1. The fraction of sp³-hybridized carbons (Fsp3) is 0.500. The highest BCUT2D eigenvalue weighted by atomic mass is 19.1. The van der Waals surface area contributed by atoms with Crippen LogP contribution >= 0.6 is 0 Å². The maximum atomic E-state index is 13.1. The van der Waals surface area contributed by atoms with Crippen LogP contribution in [0.2, 0.25) is 0 Å². The third-order valence-electron chi connectivity index (χ3n) is 3.67. The Morgan fingerprint density at radius 3 is 2.33 bits per heavy atom. The van der Waals surface area contributed by atoms with Gasteiger partial charge in [-0.15, -0.1) is 0 Å². The van der Waals surface area contributed by atoms with Crippen LogP contribution in [0.25, 0.3) is 0 Å². The molecule has 1 saturated heterocycles. The molecule has 1 aromatic carbocycles. The molecular formula is C14H17F2NO. The first-order valence-corrected chi connectivity index (χ1v) is 6.19. The lowest BCUT2D eigenvalue weighted by molar-refractivity contribution is -0.128. The average Bonchev–Trinajstić information content (AvgIpc) is 2.28. The molecule has 0 unspecified atom stereocenters.